The topological polar surface area (TPSA) is 97.2 Å². The standard InChI is InChI=1S/C21H15ClN4O3/c22-17-6-7-18(20-16(17)5-2-8-23-20)29-12-19(28)26-14-10-24-21(25-11-14)13-3-1-4-15(27)9-13/h1-11,27H,12H2,(H,26,28). The molecular formula is C21H15ClN4O3. The number of anilines is 1. The van der Waals surface area contributed by atoms with Crippen LogP contribution in [0.5, 0.6) is 11.5 Å². The van der Waals surface area contributed by atoms with E-state index >= 15 is 0 Å². The molecule has 2 N–H and O–H groups in total. The molecule has 0 bridgehead atoms. The van der Waals surface area contributed by atoms with E-state index in [2.05, 4.69) is 20.3 Å². The summed E-state index contributed by atoms with van der Waals surface area (Å²) in [7, 11) is 0. The first kappa shape index (κ1) is 18.6. The van der Waals surface area contributed by atoms with Crippen LogP contribution in [0.2, 0.25) is 5.02 Å². The summed E-state index contributed by atoms with van der Waals surface area (Å²) in [6.45, 7) is -0.207. The highest BCUT2D eigenvalue weighted by molar-refractivity contribution is 6.35. The van der Waals surface area contributed by atoms with Gasteiger partial charge in [0.25, 0.3) is 5.91 Å². The Morgan fingerprint density at radius 3 is 2.69 bits per heavy atom. The highest BCUT2D eigenvalue weighted by Crippen LogP contribution is 2.29. The van der Waals surface area contributed by atoms with E-state index in [1.807, 2.05) is 6.07 Å². The number of phenols is 1. The molecule has 0 radical (unpaired) electrons. The molecule has 7 nitrogen and oxygen atoms in total. The van der Waals surface area contributed by atoms with Gasteiger partial charge < -0.3 is 15.2 Å². The van der Waals surface area contributed by atoms with Crippen molar-refractivity contribution in [3.05, 3.63) is 72.1 Å². The fraction of sp³-hybridized carbons (Fsp3) is 0.0476. The van der Waals surface area contributed by atoms with E-state index in [1.165, 1.54) is 12.4 Å². The van der Waals surface area contributed by atoms with Crippen LogP contribution in [0.3, 0.4) is 0 Å². The molecule has 0 saturated heterocycles. The molecule has 29 heavy (non-hydrogen) atoms. The lowest BCUT2D eigenvalue weighted by molar-refractivity contribution is -0.118. The van der Waals surface area contributed by atoms with Crippen molar-refractivity contribution in [2.24, 2.45) is 0 Å². The number of ether oxygens (including phenoxy) is 1. The van der Waals surface area contributed by atoms with E-state index in [9.17, 15) is 9.90 Å². The average Bonchev–Trinajstić information content (AvgIpc) is 2.74. The van der Waals surface area contributed by atoms with Gasteiger partial charge in [-0.2, -0.15) is 0 Å². The van der Waals surface area contributed by atoms with Gasteiger partial charge in [0.1, 0.15) is 17.0 Å². The zero-order chi connectivity index (χ0) is 20.2. The predicted molar refractivity (Wildman–Crippen MR) is 110 cm³/mol. The number of halogens is 1. The molecule has 4 rings (SSSR count). The Labute approximate surface area is 171 Å². The minimum absolute atomic E-state index is 0.129. The molecule has 4 aromatic rings. The summed E-state index contributed by atoms with van der Waals surface area (Å²) in [6, 6.07) is 13.6. The summed E-state index contributed by atoms with van der Waals surface area (Å²) < 4.78 is 5.61. The number of carbonyl (C=O) groups is 1. The number of fused-ring (bicyclic) bond motifs is 1. The maximum Gasteiger partial charge on any atom is 0.262 e. The molecule has 2 aromatic carbocycles. The van der Waals surface area contributed by atoms with E-state index in [1.54, 1.807) is 48.7 Å². The minimum atomic E-state index is -0.363. The first-order valence-corrected chi connectivity index (χ1v) is 9.05. The number of hydrogen-bond acceptors (Lipinski definition) is 6. The number of hydrogen-bond donors (Lipinski definition) is 2. The summed E-state index contributed by atoms with van der Waals surface area (Å²) in [5.74, 6) is 0.673. The van der Waals surface area contributed by atoms with E-state index in [4.69, 9.17) is 16.3 Å². The Balaban J connectivity index is 1.41. The summed E-state index contributed by atoms with van der Waals surface area (Å²) in [4.78, 5) is 24.9. The van der Waals surface area contributed by atoms with Crippen LogP contribution in [0.4, 0.5) is 5.69 Å². The van der Waals surface area contributed by atoms with E-state index in [0.29, 0.717) is 33.4 Å². The van der Waals surface area contributed by atoms with Gasteiger partial charge in [0, 0.05) is 17.1 Å². The van der Waals surface area contributed by atoms with E-state index < -0.39 is 0 Å². The SMILES string of the molecule is O=C(COc1ccc(Cl)c2cccnc12)Nc1cnc(-c2cccc(O)c2)nc1. The summed E-state index contributed by atoms with van der Waals surface area (Å²) in [5, 5.41) is 13.5. The molecule has 1 amide bonds. The quantitative estimate of drug-likeness (QED) is 0.518. The lowest BCUT2D eigenvalue weighted by atomic mass is 10.2. The summed E-state index contributed by atoms with van der Waals surface area (Å²) in [6.07, 6.45) is 4.62. The van der Waals surface area contributed by atoms with Crippen LogP contribution in [0.15, 0.2) is 67.1 Å². The second-order valence-corrected chi connectivity index (χ2v) is 6.53. The van der Waals surface area contributed by atoms with Gasteiger partial charge >= 0.3 is 0 Å². The monoisotopic (exact) mass is 406 g/mol. The molecule has 0 atom stereocenters. The molecule has 2 heterocycles. The van der Waals surface area contributed by atoms with Gasteiger partial charge in [-0.1, -0.05) is 23.7 Å². The Morgan fingerprint density at radius 2 is 1.90 bits per heavy atom. The van der Waals surface area contributed by atoms with Gasteiger partial charge in [0.05, 0.1) is 23.1 Å². The molecule has 0 spiro atoms. The lowest BCUT2D eigenvalue weighted by Gasteiger charge is -2.10. The second kappa shape index (κ2) is 8.12. The zero-order valence-electron chi connectivity index (χ0n) is 15.0. The lowest BCUT2D eigenvalue weighted by Crippen LogP contribution is -2.20. The molecule has 0 aliphatic heterocycles. The molecule has 0 aliphatic carbocycles. The number of aromatic hydroxyl groups is 1. The maximum absolute atomic E-state index is 12.2. The molecule has 0 unspecified atom stereocenters. The average molecular weight is 407 g/mol. The third-order valence-electron chi connectivity index (χ3n) is 4.08. The smallest absolute Gasteiger partial charge is 0.262 e. The van der Waals surface area contributed by atoms with Crippen molar-refractivity contribution in [2.75, 3.05) is 11.9 Å². The van der Waals surface area contributed by atoms with E-state index in [-0.39, 0.29) is 18.3 Å². The third-order valence-corrected chi connectivity index (χ3v) is 4.41. The number of nitrogens with one attached hydrogen (secondary N) is 1. The van der Waals surface area contributed by atoms with E-state index in [0.717, 1.165) is 5.39 Å². The van der Waals surface area contributed by atoms with Crippen LogP contribution in [0, 0.1) is 0 Å². The van der Waals surface area contributed by atoms with Crippen molar-refractivity contribution in [3.63, 3.8) is 0 Å². The Kier molecular flexibility index (Phi) is 5.22. The predicted octanol–water partition coefficient (Wildman–Crippen LogP) is 4.07. The molecule has 0 aliphatic rings. The number of benzene rings is 2. The van der Waals surface area contributed by atoms with Crippen LogP contribution in [0.1, 0.15) is 0 Å². The number of amides is 1. The fourth-order valence-electron chi connectivity index (χ4n) is 2.76. The van der Waals surface area contributed by atoms with Gasteiger partial charge in [-0.25, -0.2) is 9.97 Å². The minimum Gasteiger partial charge on any atom is -0.508 e. The molecule has 0 fully saturated rings. The number of aromatic nitrogens is 3. The summed E-state index contributed by atoms with van der Waals surface area (Å²) >= 11 is 6.16. The van der Waals surface area contributed by atoms with Crippen molar-refractivity contribution in [1.29, 1.82) is 0 Å². The first-order chi connectivity index (χ1) is 14.1. The highest BCUT2D eigenvalue weighted by Gasteiger charge is 2.10. The molecular weight excluding hydrogens is 392 g/mol. The first-order valence-electron chi connectivity index (χ1n) is 8.67. The van der Waals surface area contributed by atoms with Crippen molar-refractivity contribution in [3.8, 4) is 22.9 Å². The van der Waals surface area contributed by atoms with Crippen molar-refractivity contribution in [2.45, 2.75) is 0 Å². The van der Waals surface area contributed by atoms with Gasteiger partial charge in [-0.3, -0.25) is 9.78 Å². The molecule has 0 saturated carbocycles. The molecule has 8 heteroatoms. The number of phenolic OH excluding ortho intramolecular Hbond substituents is 1. The number of nitrogens with zero attached hydrogens (tertiary/aromatic N) is 3. The highest BCUT2D eigenvalue weighted by atomic mass is 35.5. The number of pyridine rings is 1. The Hall–Kier alpha value is -3.71. The van der Waals surface area contributed by atoms with Crippen molar-refractivity contribution in [1.82, 2.24) is 15.0 Å². The van der Waals surface area contributed by atoms with Crippen LogP contribution >= 0.6 is 11.6 Å². The fourth-order valence-corrected chi connectivity index (χ4v) is 2.97. The van der Waals surface area contributed by atoms with Crippen LogP contribution < -0.4 is 10.1 Å². The van der Waals surface area contributed by atoms with Crippen molar-refractivity contribution < 1.29 is 14.6 Å². The molecule has 144 valence electrons. The Morgan fingerprint density at radius 1 is 1.07 bits per heavy atom. The Bertz CT molecular complexity index is 1180. The van der Waals surface area contributed by atoms with Gasteiger partial charge in [0.2, 0.25) is 0 Å². The second-order valence-electron chi connectivity index (χ2n) is 6.13. The van der Waals surface area contributed by atoms with Crippen LogP contribution in [0.25, 0.3) is 22.3 Å². The zero-order valence-corrected chi connectivity index (χ0v) is 15.8. The largest absolute Gasteiger partial charge is 0.508 e. The number of rotatable bonds is 5. The maximum atomic E-state index is 12.2. The molecule has 2 aromatic heterocycles. The van der Waals surface area contributed by atoms with Crippen LogP contribution in [-0.4, -0.2) is 32.6 Å². The van der Waals surface area contributed by atoms with Gasteiger partial charge in [-0.15, -0.1) is 0 Å². The van der Waals surface area contributed by atoms with Crippen LogP contribution in [-0.2, 0) is 4.79 Å². The van der Waals surface area contributed by atoms with Gasteiger partial charge in [0.15, 0.2) is 12.4 Å². The third kappa shape index (κ3) is 4.25. The normalized spacial score (nSPS) is 10.7. The summed E-state index contributed by atoms with van der Waals surface area (Å²) in [5.41, 5.74) is 1.70. The number of carbonyl (C=O) groups excluding carboxylic acids is 1. The van der Waals surface area contributed by atoms with Gasteiger partial charge in [-0.05, 0) is 36.4 Å². The van der Waals surface area contributed by atoms with Crippen molar-refractivity contribution >= 4 is 34.1 Å².